The van der Waals surface area contributed by atoms with Crippen LogP contribution in [0.5, 0.6) is 0 Å². The van der Waals surface area contributed by atoms with E-state index < -0.39 is 10.0 Å². The van der Waals surface area contributed by atoms with Gasteiger partial charge in [0.25, 0.3) is 5.91 Å². The van der Waals surface area contributed by atoms with Gasteiger partial charge in [-0.2, -0.15) is 9.40 Å². The number of ether oxygens (including phenoxy) is 1. The van der Waals surface area contributed by atoms with Crippen LogP contribution < -0.4 is 5.32 Å². The number of nitrogens with zero attached hydrogens (tertiary/aromatic N) is 4. The molecule has 31 heavy (non-hydrogen) atoms. The maximum absolute atomic E-state index is 13.1. The standard InChI is InChI=1S/C21H25N5O4S/c1-15(2)26-20-17(14-24-26)11-18(13-22-20)21(27)23-12-16-5-3-4-6-19(16)31(28,29)25-7-9-30-10-8-25/h3-6,11,13-15H,7-10,12H2,1-2H3,(H,23,27). The molecule has 10 heteroatoms. The SMILES string of the molecule is CC(C)n1ncc2cc(C(=O)NCc3ccccc3S(=O)(=O)N3CCOCC3)cnc21. The van der Waals surface area contributed by atoms with Gasteiger partial charge < -0.3 is 10.1 Å². The summed E-state index contributed by atoms with van der Waals surface area (Å²) in [4.78, 5) is 17.3. The molecule has 0 aliphatic carbocycles. The van der Waals surface area contributed by atoms with E-state index in [1.54, 1.807) is 41.2 Å². The molecule has 1 aliphatic rings. The number of carbonyl (C=O) groups excluding carboxylic acids is 1. The van der Waals surface area contributed by atoms with Crippen molar-refractivity contribution in [2.45, 2.75) is 31.3 Å². The zero-order chi connectivity index (χ0) is 22.0. The van der Waals surface area contributed by atoms with Crippen molar-refractivity contribution < 1.29 is 17.9 Å². The highest BCUT2D eigenvalue weighted by Crippen LogP contribution is 2.22. The predicted octanol–water partition coefficient (Wildman–Crippen LogP) is 1.96. The van der Waals surface area contributed by atoms with Crippen LogP contribution in [-0.4, -0.2) is 59.7 Å². The number of benzene rings is 1. The van der Waals surface area contributed by atoms with Gasteiger partial charge in [-0.15, -0.1) is 0 Å². The Morgan fingerprint density at radius 2 is 1.94 bits per heavy atom. The van der Waals surface area contributed by atoms with Crippen molar-refractivity contribution in [3.8, 4) is 0 Å². The van der Waals surface area contributed by atoms with Crippen LogP contribution >= 0.6 is 0 Å². The number of sulfonamides is 1. The second kappa shape index (κ2) is 8.74. The fourth-order valence-corrected chi connectivity index (χ4v) is 5.18. The first kappa shape index (κ1) is 21.4. The molecule has 1 aliphatic heterocycles. The van der Waals surface area contributed by atoms with Crippen molar-refractivity contribution in [2.75, 3.05) is 26.3 Å². The Bertz CT molecular complexity index is 1200. The quantitative estimate of drug-likeness (QED) is 0.624. The maximum atomic E-state index is 13.1. The molecule has 0 radical (unpaired) electrons. The first-order chi connectivity index (χ1) is 14.9. The van der Waals surface area contributed by atoms with Crippen LogP contribution in [0.3, 0.4) is 0 Å². The maximum Gasteiger partial charge on any atom is 0.253 e. The van der Waals surface area contributed by atoms with Gasteiger partial charge in [0.15, 0.2) is 5.65 Å². The van der Waals surface area contributed by atoms with Crippen molar-refractivity contribution in [3.63, 3.8) is 0 Å². The first-order valence-electron chi connectivity index (χ1n) is 10.1. The van der Waals surface area contributed by atoms with Crippen molar-refractivity contribution in [1.82, 2.24) is 24.4 Å². The molecule has 164 valence electrons. The molecule has 1 amide bonds. The summed E-state index contributed by atoms with van der Waals surface area (Å²) >= 11 is 0. The van der Waals surface area contributed by atoms with Gasteiger partial charge in [0.05, 0.1) is 29.9 Å². The molecule has 0 atom stereocenters. The molecule has 1 fully saturated rings. The lowest BCUT2D eigenvalue weighted by Gasteiger charge is -2.27. The molecule has 2 aromatic heterocycles. The summed E-state index contributed by atoms with van der Waals surface area (Å²) in [7, 11) is -3.66. The van der Waals surface area contributed by atoms with Crippen LogP contribution in [-0.2, 0) is 21.3 Å². The molecule has 0 saturated carbocycles. The molecule has 0 spiro atoms. The summed E-state index contributed by atoms with van der Waals surface area (Å²) in [6.45, 7) is 5.50. The molecule has 4 rings (SSSR count). The molecule has 3 aromatic rings. The van der Waals surface area contributed by atoms with Gasteiger partial charge in [0, 0.05) is 37.3 Å². The van der Waals surface area contributed by atoms with E-state index in [4.69, 9.17) is 4.74 Å². The Morgan fingerprint density at radius 3 is 2.68 bits per heavy atom. The van der Waals surface area contributed by atoms with E-state index in [0.717, 1.165) is 5.39 Å². The van der Waals surface area contributed by atoms with E-state index >= 15 is 0 Å². The van der Waals surface area contributed by atoms with Crippen LogP contribution in [0.25, 0.3) is 11.0 Å². The van der Waals surface area contributed by atoms with Gasteiger partial charge in [0.1, 0.15) is 0 Å². The number of pyridine rings is 1. The third-order valence-corrected chi connectivity index (χ3v) is 7.18. The van der Waals surface area contributed by atoms with Gasteiger partial charge in [-0.1, -0.05) is 18.2 Å². The topological polar surface area (TPSA) is 106 Å². The fraction of sp³-hybridized carbons (Fsp3) is 0.381. The van der Waals surface area contributed by atoms with Crippen molar-refractivity contribution >= 4 is 27.0 Å². The number of fused-ring (bicyclic) bond motifs is 1. The van der Waals surface area contributed by atoms with Crippen LogP contribution in [0.4, 0.5) is 0 Å². The fourth-order valence-electron chi connectivity index (χ4n) is 3.55. The molecule has 9 nitrogen and oxygen atoms in total. The van der Waals surface area contributed by atoms with Gasteiger partial charge in [-0.25, -0.2) is 18.1 Å². The molecule has 1 saturated heterocycles. The Balaban J connectivity index is 1.52. The second-order valence-corrected chi connectivity index (χ2v) is 9.53. The zero-order valence-electron chi connectivity index (χ0n) is 17.5. The lowest BCUT2D eigenvalue weighted by atomic mass is 10.2. The molecule has 1 N–H and O–H groups in total. The number of nitrogens with one attached hydrogen (secondary N) is 1. The van der Waals surface area contributed by atoms with Crippen molar-refractivity contribution in [1.29, 1.82) is 0 Å². The summed E-state index contributed by atoms with van der Waals surface area (Å²) < 4.78 is 34.6. The Morgan fingerprint density at radius 1 is 1.19 bits per heavy atom. The summed E-state index contributed by atoms with van der Waals surface area (Å²) in [5.41, 5.74) is 1.64. The normalized spacial score (nSPS) is 15.5. The summed E-state index contributed by atoms with van der Waals surface area (Å²) in [6.07, 6.45) is 3.19. The summed E-state index contributed by atoms with van der Waals surface area (Å²) in [6, 6.07) is 8.62. The highest BCUT2D eigenvalue weighted by molar-refractivity contribution is 7.89. The number of morpholine rings is 1. The minimum Gasteiger partial charge on any atom is -0.379 e. The smallest absolute Gasteiger partial charge is 0.253 e. The number of rotatable bonds is 6. The van der Waals surface area contributed by atoms with Crippen LogP contribution in [0.15, 0.2) is 47.6 Å². The molecule has 0 unspecified atom stereocenters. The average molecular weight is 444 g/mol. The average Bonchev–Trinajstić information content (AvgIpc) is 3.22. The van der Waals surface area contributed by atoms with Gasteiger partial charge in [-0.3, -0.25) is 4.79 Å². The first-order valence-corrected chi connectivity index (χ1v) is 11.6. The Labute approximate surface area is 181 Å². The summed E-state index contributed by atoms with van der Waals surface area (Å²) in [5.74, 6) is -0.328. The van der Waals surface area contributed by atoms with Crippen LogP contribution in [0.1, 0.15) is 35.8 Å². The molecule has 3 heterocycles. The van der Waals surface area contributed by atoms with Gasteiger partial charge in [0.2, 0.25) is 10.0 Å². The van der Waals surface area contributed by atoms with E-state index in [1.807, 2.05) is 13.8 Å². The van der Waals surface area contributed by atoms with E-state index in [-0.39, 0.29) is 23.4 Å². The molecular formula is C21H25N5O4S. The minimum atomic E-state index is -3.66. The van der Waals surface area contributed by atoms with E-state index in [1.165, 1.54) is 10.5 Å². The third-order valence-electron chi connectivity index (χ3n) is 5.18. The number of carbonyl (C=O) groups is 1. The van der Waals surface area contributed by atoms with Gasteiger partial charge in [-0.05, 0) is 31.5 Å². The summed E-state index contributed by atoms with van der Waals surface area (Å²) in [5, 5.41) is 7.90. The van der Waals surface area contributed by atoms with Gasteiger partial charge >= 0.3 is 0 Å². The van der Waals surface area contributed by atoms with Crippen LogP contribution in [0.2, 0.25) is 0 Å². The number of hydrogen-bond donors (Lipinski definition) is 1. The number of amides is 1. The largest absolute Gasteiger partial charge is 0.379 e. The lowest BCUT2D eigenvalue weighted by molar-refractivity contribution is 0.0730. The van der Waals surface area contributed by atoms with Crippen molar-refractivity contribution in [3.05, 3.63) is 53.9 Å². The number of hydrogen-bond acceptors (Lipinski definition) is 6. The molecule has 1 aromatic carbocycles. The highest BCUT2D eigenvalue weighted by atomic mass is 32.2. The predicted molar refractivity (Wildman–Crippen MR) is 115 cm³/mol. The Hall–Kier alpha value is -2.82. The Kier molecular flexibility index (Phi) is 6.03. The lowest BCUT2D eigenvalue weighted by Crippen LogP contribution is -2.41. The minimum absolute atomic E-state index is 0.0852. The van der Waals surface area contributed by atoms with Crippen LogP contribution in [0, 0.1) is 0 Å². The molecule has 0 bridgehead atoms. The van der Waals surface area contributed by atoms with E-state index in [2.05, 4.69) is 15.4 Å². The van der Waals surface area contributed by atoms with Crippen molar-refractivity contribution in [2.24, 2.45) is 0 Å². The van der Waals surface area contributed by atoms with E-state index in [0.29, 0.717) is 43.1 Å². The van der Waals surface area contributed by atoms with E-state index in [9.17, 15) is 13.2 Å². The zero-order valence-corrected chi connectivity index (χ0v) is 18.3. The third kappa shape index (κ3) is 4.32. The second-order valence-electron chi connectivity index (χ2n) is 7.63. The number of aromatic nitrogens is 3. The highest BCUT2D eigenvalue weighted by Gasteiger charge is 2.28. The monoisotopic (exact) mass is 443 g/mol. The molecular weight excluding hydrogens is 418 g/mol.